The van der Waals surface area contributed by atoms with Crippen molar-refractivity contribution in [2.24, 2.45) is 11.7 Å². The largest absolute Gasteiger partial charge is 0.397 e. The molecule has 0 bridgehead atoms. The van der Waals surface area contributed by atoms with E-state index in [2.05, 4.69) is 36.6 Å². The minimum atomic E-state index is -0.102. The van der Waals surface area contributed by atoms with Gasteiger partial charge in [0.1, 0.15) is 0 Å². The van der Waals surface area contributed by atoms with Crippen LogP contribution in [0.2, 0.25) is 0 Å². The number of anilines is 2. The third-order valence-corrected chi connectivity index (χ3v) is 3.35. The molecule has 0 aliphatic rings. The Bertz CT molecular complexity index is 577. The van der Waals surface area contributed by atoms with Crippen molar-refractivity contribution in [1.29, 1.82) is 0 Å². The molecule has 2 rings (SSSR count). The molecule has 1 atom stereocenters. The Morgan fingerprint density at radius 1 is 1.05 bits per heavy atom. The fourth-order valence-corrected chi connectivity index (χ4v) is 2.19. The molecular formula is C15H21N5. The number of hydrogen-bond acceptors (Lipinski definition) is 5. The maximum Gasteiger partial charge on any atom is 0.0746 e. The molecule has 106 valence electrons. The lowest BCUT2D eigenvalue weighted by Gasteiger charge is -2.21. The van der Waals surface area contributed by atoms with Gasteiger partial charge in [-0.3, -0.25) is 5.84 Å². The zero-order valence-corrected chi connectivity index (χ0v) is 11.8. The van der Waals surface area contributed by atoms with Gasteiger partial charge in [-0.25, -0.2) is 11.3 Å². The summed E-state index contributed by atoms with van der Waals surface area (Å²) in [5.41, 5.74) is 13.5. The first kappa shape index (κ1) is 14.3. The van der Waals surface area contributed by atoms with Gasteiger partial charge in [0.2, 0.25) is 0 Å². The van der Waals surface area contributed by atoms with Gasteiger partial charge in [-0.1, -0.05) is 35.9 Å². The van der Waals surface area contributed by atoms with Crippen molar-refractivity contribution in [3.63, 3.8) is 0 Å². The molecular weight excluding hydrogens is 250 g/mol. The molecule has 20 heavy (non-hydrogen) atoms. The molecule has 0 aromatic heterocycles. The standard InChI is InChI=1S/C15H21N5/c1-10-3-5-11(6-4-10)15(19-17)12-7-8-13(16)14(9-12)20(2)18/h3-9,15,19H,16-18H2,1-2H3. The van der Waals surface area contributed by atoms with Crippen LogP contribution in [-0.2, 0) is 0 Å². The van der Waals surface area contributed by atoms with Crippen LogP contribution in [0.4, 0.5) is 11.4 Å². The van der Waals surface area contributed by atoms with Gasteiger partial charge in [0.15, 0.2) is 0 Å². The number of rotatable bonds is 4. The predicted molar refractivity (Wildman–Crippen MR) is 83.8 cm³/mol. The Morgan fingerprint density at radius 3 is 2.20 bits per heavy atom. The van der Waals surface area contributed by atoms with Gasteiger partial charge in [0, 0.05) is 7.05 Å². The van der Waals surface area contributed by atoms with Gasteiger partial charge in [0.05, 0.1) is 17.4 Å². The zero-order chi connectivity index (χ0) is 14.7. The molecule has 0 amide bonds. The molecule has 0 aliphatic carbocycles. The normalized spacial score (nSPS) is 12.2. The van der Waals surface area contributed by atoms with Crippen LogP contribution < -0.4 is 27.9 Å². The summed E-state index contributed by atoms with van der Waals surface area (Å²) in [6.45, 7) is 2.05. The second-order valence-corrected chi connectivity index (χ2v) is 4.94. The van der Waals surface area contributed by atoms with E-state index in [1.54, 1.807) is 7.05 Å². The van der Waals surface area contributed by atoms with E-state index in [4.69, 9.17) is 17.4 Å². The van der Waals surface area contributed by atoms with Crippen molar-refractivity contribution >= 4 is 11.4 Å². The third kappa shape index (κ3) is 2.91. The average molecular weight is 271 g/mol. The Balaban J connectivity index is 2.41. The summed E-state index contributed by atoms with van der Waals surface area (Å²) >= 11 is 0. The van der Waals surface area contributed by atoms with Crippen molar-refractivity contribution in [2.75, 3.05) is 17.8 Å². The second-order valence-electron chi connectivity index (χ2n) is 4.94. The van der Waals surface area contributed by atoms with Crippen molar-refractivity contribution in [1.82, 2.24) is 5.43 Å². The number of nitrogens with one attached hydrogen (secondary N) is 1. The minimum absolute atomic E-state index is 0.102. The fraction of sp³-hybridized carbons (Fsp3) is 0.200. The summed E-state index contributed by atoms with van der Waals surface area (Å²) in [5.74, 6) is 11.5. The first-order chi connectivity index (χ1) is 9.52. The van der Waals surface area contributed by atoms with Crippen LogP contribution in [0.1, 0.15) is 22.7 Å². The molecule has 5 heteroatoms. The smallest absolute Gasteiger partial charge is 0.0746 e. The maximum absolute atomic E-state index is 5.92. The zero-order valence-electron chi connectivity index (χ0n) is 11.8. The number of aryl methyl sites for hydroxylation is 1. The van der Waals surface area contributed by atoms with Crippen molar-refractivity contribution in [3.8, 4) is 0 Å². The number of nitrogens with two attached hydrogens (primary N) is 3. The molecule has 1 unspecified atom stereocenters. The van der Waals surface area contributed by atoms with Crippen LogP contribution in [0.5, 0.6) is 0 Å². The van der Waals surface area contributed by atoms with Crippen LogP contribution in [0, 0.1) is 6.92 Å². The molecule has 0 saturated carbocycles. The van der Waals surface area contributed by atoms with Crippen LogP contribution >= 0.6 is 0 Å². The number of hydrogen-bond donors (Lipinski definition) is 4. The van der Waals surface area contributed by atoms with Crippen molar-refractivity contribution < 1.29 is 0 Å². The van der Waals surface area contributed by atoms with E-state index in [1.165, 1.54) is 10.6 Å². The first-order valence-electron chi connectivity index (χ1n) is 6.43. The van der Waals surface area contributed by atoms with Gasteiger partial charge in [-0.2, -0.15) is 0 Å². The van der Waals surface area contributed by atoms with Gasteiger partial charge < -0.3 is 10.7 Å². The molecule has 2 aromatic carbocycles. The molecule has 0 aliphatic heterocycles. The number of benzene rings is 2. The number of nitrogens with zero attached hydrogens (tertiary/aromatic N) is 1. The molecule has 2 aromatic rings. The first-order valence-corrected chi connectivity index (χ1v) is 6.43. The Kier molecular flexibility index (Phi) is 4.24. The second kappa shape index (κ2) is 5.92. The molecule has 0 spiro atoms. The molecule has 5 nitrogen and oxygen atoms in total. The highest BCUT2D eigenvalue weighted by Gasteiger charge is 2.14. The van der Waals surface area contributed by atoms with E-state index in [0.29, 0.717) is 5.69 Å². The SMILES string of the molecule is Cc1ccc(C(NN)c2ccc(N)c(N(C)N)c2)cc1. The van der Waals surface area contributed by atoms with Crippen LogP contribution in [0.15, 0.2) is 42.5 Å². The molecule has 7 N–H and O–H groups in total. The fourth-order valence-electron chi connectivity index (χ4n) is 2.19. The van der Waals surface area contributed by atoms with Gasteiger partial charge in [-0.15, -0.1) is 0 Å². The summed E-state index contributed by atoms with van der Waals surface area (Å²) in [5, 5.41) is 1.50. The quantitative estimate of drug-likeness (QED) is 0.383. The monoisotopic (exact) mass is 271 g/mol. The summed E-state index contributed by atoms with van der Waals surface area (Å²) in [6.07, 6.45) is 0. The summed E-state index contributed by atoms with van der Waals surface area (Å²) in [6, 6.07) is 13.9. The highest BCUT2D eigenvalue weighted by molar-refractivity contribution is 5.68. The van der Waals surface area contributed by atoms with Crippen molar-refractivity contribution in [2.45, 2.75) is 13.0 Å². The Hall–Kier alpha value is -2.08. The van der Waals surface area contributed by atoms with Gasteiger partial charge in [-0.05, 0) is 30.2 Å². The van der Waals surface area contributed by atoms with E-state index >= 15 is 0 Å². The Morgan fingerprint density at radius 2 is 1.65 bits per heavy atom. The minimum Gasteiger partial charge on any atom is -0.397 e. The van der Waals surface area contributed by atoms with Crippen molar-refractivity contribution in [3.05, 3.63) is 59.2 Å². The lowest BCUT2D eigenvalue weighted by molar-refractivity contribution is 0.637. The molecule has 0 fully saturated rings. The molecule has 0 heterocycles. The summed E-state index contributed by atoms with van der Waals surface area (Å²) in [7, 11) is 1.76. The Labute approximate surface area is 119 Å². The van der Waals surface area contributed by atoms with Gasteiger partial charge in [0.25, 0.3) is 0 Å². The predicted octanol–water partition coefficient (Wildman–Crippen LogP) is 1.44. The number of hydrazine groups is 2. The molecule has 0 saturated heterocycles. The lowest BCUT2D eigenvalue weighted by Crippen LogP contribution is -2.30. The van der Waals surface area contributed by atoms with Crippen LogP contribution in [0.3, 0.4) is 0 Å². The maximum atomic E-state index is 5.92. The average Bonchev–Trinajstić information content (AvgIpc) is 2.43. The van der Waals surface area contributed by atoms with E-state index in [9.17, 15) is 0 Å². The van der Waals surface area contributed by atoms with E-state index in [0.717, 1.165) is 16.8 Å². The third-order valence-electron chi connectivity index (χ3n) is 3.35. The van der Waals surface area contributed by atoms with Gasteiger partial charge >= 0.3 is 0 Å². The van der Waals surface area contributed by atoms with Crippen LogP contribution in [-0.4, -0.2) is 7.05 Å². The topological polar surface area (TPSA) is 93.3 Å². The summed E-state index contributed by atoms with van der Waals surface area (Å²) < 4.78 is 0. The van der Waals surface area contributed by atoms with E-state index in [-0.39, 0.29) is 6.04 Å². The van der Waals surface area contributed by atoms with E-state index in [1.807, 2.05) is 18.2 Å². The highest BCUT2D eigenvalue weighted by atomic mass is 15.4. The lowest BCUT2D eigenvalue weighted by atomic mass is 9.97. The molecule has 0 radical (unpaired) electrons. The number of nitrogen functional groups attached to an aromatic ring is 1. The van der Waals surface area contributed by atoms with Crippen LogP contribution in [0.25, 0.3) is 0 Å². The highest BCUT2D eigenvalue weighted by Crippen LogP contribution is 2.28. The summed E-state index contributed by atoms with van der Waals surface area (Å²) in [4.78, 5) is 0. The van der Waals surface area contributed by atoms with E-state index < -0.39 is 0 Å².